The number of benzene rings is 3. The summed E-state index contributed by atoms with van der Waals surface area (Å²) in [5, 5.41) is 2.64. The maximum Gasteiger partial charge on any atom is 0.264 e. The number of amides is 1. The van der Waals surface area contributed by atoms with Gasteiger partial charge in [-0.25, -0.2) is 17.2 Å². The Labute approximate surface area is 184 Å². The molecule has 0 bridgehead atoms. The number of methoxy groups -OCH3 is 1. The largest absolute Gasteiger partial charge is 0.497 e. The molecular weight excluding hydrogens is 438 g/mol. The lowest BCUT2D eigenvalue weighted by Crippen LogP contribution is -2.35. The molecule has 3 aromatic carbocycles. The van der Waals surface area contributed by atoms with Gasteiger partial charge in [0.2, 0.25) is 0 Å². The van der Waals surface area contributed by atoms with Crippen molar-refractivity contribution in [2.45, 2.75) is 17.7 Å². The summed E-state index contributed by atoms with van der Waals surface area (Å²) in [5.41, 5.74) is 1.71. The summed E-state index contributed by atoms with van der Waals surface area (Å²) in [7, 11) is -2.27. The minimum atomic E-state index is -3.77. The smallest absolute Gasteiger partial charge is 0.264 e. The summed E-state index contributed by atoms with van der Waals surface area (Å²) >= 11 is 0. The van der Waals surface area contributed by atoms with Crippen LogP contribution in [0.3, 0.4) is 0 Å². The molecule has 1 amide bonds. The van der Waals surface area contributed by atoms with Crippen molar-refractivity contribution in [3.63, 3.8) is 0 Å². The van der Waals surface area contributed by atoms with Gasteiger partial charge in [0.05, 0.1) is 17.7 Å². The highest BCUT2D eigenvalue weighted by Crippen LogP contribution is 2.34. The van der Waals surface area contributed by atoms with Crippen LogP contribution in [-0.2, 0) is 16.4 Å². The van der Waals surface area contributed by atoms with Gasteiger partial charge in [0.15, 0.2) is 11.6 Å². The molecule has 6 nitrogen and oxygen atoms in total. The predicted molar refractivity (Wildman–Crippen MR) is 117 cm³/mol. The molecule has 1 aliphatic rings. The highest BCUT2D eigenvalue weighted by molar-refractivity contribution is 7.92. The quantitative estimate of drug-likeness (QED) is 0.616. The fraction of sp³-hybridized carbons (Fsp3) is 0.174. The highest BCUT2D eigenvalue weighted by Gasteiger charge is 2.29. The maximum atomic E-state index is 13.4. The van der Waals surface area contributed by atoms with Crippen molar-refractivity contribution >= 4 is 27.3 Å². The van der Waals surface area contributed by atoms with Gasteiger partial charge in [-0.3, -0.25) is 9.10 Å². The van der Waals surface area contributed by atoms with E-state index in [1.165, 1.54) is 29.6 Å². The molecule has 3 aromatic rings. The number of rotatable bonds is 5. The van der Waals surface area contributed by atoms with Crippen LogP contribution >= 0.6 is 0 Å². The molecule has 166 valence electrons. The van der Waals surface area contributed by atoms with Gasteiger partial charge in [-0.1, -0.05) is 0 Å². The van der Waals surface area contributed by atoms with E-state index >= 15 is 0 Å². The average molecular weight is 458 g/mol. The summed E-state index contributed by atoms with van der Waals surface area (Å²) in [5.74, 6) is -2.18. The Kier molecular flexibility index (Phi) is 5.84. The fourth-order valence-electron chi connectivity index (χ4n) is 3.61. The number of nitrogens with zero attached hydrogens (tertiary/aromatic N) is 1. The zero-order valence-electron chi connectivity index (χ0n) is 17.1. The number of aryl methyl sites for hydroxylation is 1. The third kappa shape index (κ3) is 4.16. The Morgan fingerprint density at radius 3 is 2.44 bits per heavy atom. The van der Waals surface area contributed by atoms with Gasteiger partial charge >= 0.3 is 0 Å². The second-order valence-corrected chi connectivity index (χ2v) is 9.15. The first-order valence-corrected chi connectivity index (χ1v) is 11.3. The van der Waals surface area contributed by atoms with Crippen molar-refractivity contribution in [2.24, 2.45) is 0 Å². The number of anilines is 2. The SMILES string of the molecule is COc1ccc(S(=O)(=O)N2CCCc3cc(NC(=O)c4ccc(F)c(F)c4)ccc32)cc1. The lowest BCUT2D eigenvalue weighted by molar-refractivity contribution is 0.102. The first kappa shape index (κ1) is 21.8. The second kappa shape index (κ2) is 8.58. The predicted octanol–water partition coefficient (Wildman–Crippen LogP) is 4.37. The summed E-state index contributed by atoms with van der Waals surface area (Å²) in [6, 6.07) is 14.0. The van der Waals surface area contributed by atoms with Gasteiger partial charge in [0.25, 0.3) is 15.9 Å². The molecule has 4 rings (SSSR count). The van der Waals surface area contributed by atoms with E-state index in [0.717, 1.165) is 17.7 Å². The van der Waals surface area contributed by atoms with Crippen molar-refractivity contribution in [2.75, 3.05) is 23.3 Å². The van der Waals surface area contributed by atoms with Gasteiger partial charge in [-0.2, -0.15) is 0 Å². The minimum Gasteiger partial charge on any atom is -0.497 e. The molecule has 0 fully saturated rings. The summed E-state index contributed by atoms with van der Waals surface area (Å²) < 4.78 is 59.4. The number of hydrogen-bond acceptors (Lipinski definition) is 4. The molecule has 0 unspecified atom stereocenters. The van der Waals surface area contributed by atoms with Gasteiger partial charge in [0, 0.05) is 17.8 Å². The molecule has 0 aliphatic carbocycles. The number of hydrogen-bond donors (Lipinski definition) is 1. The summed E-state index contributed by atoms with van der Waals surface area (Å²) in [6.45, 7) is 0.335. The van der Waals surface area contributed by atoms with E-state index in [4.69, 9.17) is 4.74 Å². The topological polar surface area (TPSA) is 75.7 Å². The zero-order valence-corrected chi connectivity index (χ0v) is 18.0. The first-order valence-electron chi connectivity index (χ1n) is 9.86. The van der Waals surface area contributed by atoms with Crippen LogP contribution in [0, 0.1) is 11.6 Å². The van der Waals surface area contributed by atoms with Crippen molar-refractivity contribution in [1.29, 1.82) is 0 Å². The van der Waals surface area contributed by atoms with Crippen molar-refractivity contribution in [1.82, 2.24) is 0 Å². The van der Waals surface area contributed by atoms with Crippen LogP contribution in [0.4, 0.5) is 20.2 Å². The number of nitrogens with one attached hydrogen (secondary N) is 1. The number of fused-ring (bicyclic) bond motifs is 1. The molecule has 1 aliphatic heterocycles. The van der Waals surface area contributed by atoms with Gasteiger partial charge in [-0.15, -0.1) is 0 Å². The van der Waals surface area contributed by atoms with Crippen LogP contribution in [0.15, 0.2) is 65.6 Å². The standard InChI is InChI=1S/C23H20F2N2O4S/c1-31-18-6-8-19(9-7-18)32(29,30)27-12-2-3-15-13-17(5-11-22(15)27)26-23(28)16-4-10-20(24)21(25)14-16/h4-11,13-14H,2-3,12H2,1H3,(H,26,28). The fourth-order valence-corrected chi connectivity index (χ4v) is 5.15. The van der Waals surface area contributed by atoms with E-state index < -0.39 is 27.6 Å². The van der Waals surface area contributed by atoms with Crippen LogP contribution in [0.5, 0.6) is 5.75 Å². The zero-order chi connectivity index (χ0) is 22.9. The van der Waals surface area contributed by atoms with Crippen molar-refractivity contribution in [3.8, 4) is 5.75 Å². The lowest BCUT2D eigenvalue weighted by Gasteiger charge is -2.31. The van der Waals surface area contributed by atoms with E-state index in [9.17, 15) is 22.0 Å². The average Bonchev–Trinajstić information content (AvgIpc) is 2.80. The number of sulfonamides is 1. The Morgan fingerprint density at radius 1 is 1.00 bits per heavy atom. The molecule has 0 radical (unpaired) electrons. The van der Waals surface area contributed by atoms with Crippen LogP contribution in [-0.4, -0.2) is 28.0 Å². The molecule has 0 spiro atoms. The van der Waals surface area contributed by atoms with E-state index in [-0.39, 0.29) is 10.5 Å². The van der Waals surface area contributed by atoms with Gasteiger partial charge < -0.3 is 10.1 Å². The number of carbonyl (C=O) groups excluding carboxylic acids is 1. The van der Waals surface area contributed by atoms with E-state index in [0.29, 0.717) is 36.5 Å². The molecule has 1 N–H and O–H groups in total. The Morgan fingerprint density at radius 2 is 1.75 bits per heavy atom. The molecule has 0 aromatic heterocycles. The Balaban J connectivity index is 1.59. The lowest BCUT2D eigenvalue weighted by atomic mass is 10.0. The third-order valence-corrected chi connectivity index (χ3v) is 7.07. The first-order chi connectivity index (χ1) is 15.3. The second-order valence-electron chi connectivity index (χ2n) is 7.28. The number of ether oxygens (including phenoxy) is 1. The third-order valence-electron chi connectivity index (χ3n) is 5.24. The number of carbonyl (C=O) groups is 1. The molecular formula is C23H20F2N2O4S. The van der Waals surface area contributed by atoms with Crippen LogP contribution in [0.1, 0.15) is 22.3 Å². The van der Waals surface area contributed by atoms with Crippen molar-refractivity contribution in [3.05, 3.63) is 83.4 Å². The van der Waals surface area contributed by atoms with E-state index in [1.54, 1.807) is 30.3 Å². The summed E-state index contributed by atoms with van der Waals surface area (Å²) in [4.78, 5) is 12.5. The van der Waals surface area contributed by atoms with E-state index in [2.05, 4.69) is 5.32 Å². The minimum absolute atomic E-state index is 0.0228. The Bertz CT molecular complexity index is 1280. The van der Waals surface area contributed by atoms with Crippen LogP contribution in [0.25, 0.3) is 0 Å². The number of halogens is 2. The molecule has 9 heteroatoms. The molecule has 0 saturated carbocycles. The molecule has 0 saturated heterocycles. The monoisotopic (exact) mass is 458 g/mol. The normalized spacial score (nSPS) is 13.4. The highest BCUT2D eigenvalue weighted by atomic mass is 32.2. The van der Waals surface area contributed by atoms with Crippen molar-refractivity contribution < 1.29 is 26.7 Å². The molecule has 0 atom stereocenters. The van der Waals surface area contributed by atoms with Gasteiger partial charge in [0.1, 0.15) is 5.75 Å². The Hall–Kier alpha value is -3.46. The molecule has 1 heterocycles. The van der Waals surface area contributed by atoms with Crippen LogP contribution < -0.4 is 14.4 Å². The van der Waals surface area contributed by atoms with Crippen LogP contribution in [0.2, 0.25) is 0 Å². The van der Waals surface area contributed by atoms with Gasteiger partial charge in [-0.05, 0) is 79.1 Å². The molecule has 32 heavy (non-hydrogen) atoms. The summed E-state index contributed by atoms with van der Waals surface area (Å²) in [6.07, 6.45) is 1.25. The van der Waals surface area contributed by atoms with E-state index in [1.807, 2.05) is 0 Å². The maximum absolute atomic E-state index is 13.4.